The van der Waals surface area contributed by atoms with Crippen molar-refractivity contribution in [2.75, 3.05) is 5.73 Å². The van der Waals surface area contributed by atoms with Crippen LogP contribution in [0.1, 0.15) is 5.76 Å². The molecular weight excluding hydrogens is 240 g/mol. The van der Waals surface area contributed by atoms with Crippen molar-refractivity contribution in [2.24, 2.45) is 12.2 Å². The first kappa shape index (κ1) is 11.8. The fraction of sp³-hybridized carbons (Fsp3) is 0.200. The van der Waals surface area contributed by atoms with E-state index < -0.39 is 16.9 Å². The molecule has 0 spiro atoms. The average molecular weight is 250 g/mol. The predicted octanol–water partition coefficient (Wildman–Crippen LogP) is 0.168. The zero-order valence-corrected chi connectivity index (χ0v) is 9.49. The maximum absolute atomic E-state index is 11.9. The number of nitrogens with two attached hydrogens (primary N) is 1. The first-order valence-corrected chi connectivity index (χ1v) is 5.01. The van der Waals surface area contributed by atoms with E-state index in [9.17, 15) is 14.5 Å². The van der Waals surface area contributed by atoms with Crippen molar-refractivity contribution in [1.29, 1.82) is 0 Å². The number of rotatable bonds is 3. The molecule has 2 aromatic heterocycles. The van der Waals surface area contributed by atoms with Crippen molar-refractivity contribution in [2.45, 2.75) is 6.54 Å². The van der Waals surface area contributed by atoms with Crippen molar-refractivity contribution in [3.8, 4) is 0 Å². The van der Waals surface area contributed by atoms with E-state index in [0.717, 1.165) is 9.13 Å². The van der Waals surface area contributed by atoms with E-state index in [1.165, 1.54) is 13.3 Å². The smallest absolute Gasteiger partial charge is 0.332 e. The second-order valence-electron chi connectivity index (χ2n) is 3.64. The second kappa shape index (κ2) is 4.32. The number of anilines is 1. The van der Waals surface area contributed by atoms with Gasteiger partial charge in [-0.1, -0.05) is 0 Å². The molecule has 8 heteroatoms. The molecule has 2 heterocycles. The van der Waals surface area contributed by atoms with Crippen LogP contribution in [-0.2, 0) is 13.6 Å². The Labute approximate surface area is 100 Å². The fourth-order valence-electron chi connectivity index (χ4n) is 1.55. The van der Waals surface area contributed by atoms with Crippen molar-refractivity contribution < 1.29 is 4.42 Å². The van der Waals surface area contributed by atoms with Crippen LogP contribution < -0.4 is 17.0 Å². The van der Waals surface area contributed by atoms with Crippen molar-refractivity contribution in [3.05, 3.63) is 49.9 Å². The van der Waals surface area contributed by atoms with E-state index in [2.05, 4.69) is 5.18 Å². The third-order valence-corrected chi connectivity index (χ3v) is 2.55. The lowest BCUT2D eigenvalue weighted by Crippen LogP contribution is -2.40. The zero-order valence-electron chi connectivity index (χ0n) is 9.49. The van der Waals surface area contributed by atoms with Gasteiger partial charge in [0.05, 0.1) is 12.8 Å². The summed E-state index contributed by atoms with van der Waals surface area (Å²) in [4.78, 5) is 34.3. The standard InChI is InChI=1S/C10H10N4O4/c1-13-8(11)7(12-17)9(15)14(10(13)16)5-6-3-2-4-18-6/h2-4H,5,11H2,1H3. The van der Waals surface area contributed by atoms with Crippen LogP contribution in [0.3, 0.4) is 0 Å². The van der Waals surface area contributed by atoms with E-state index in [1.807, 2.05) is 0 Å². The van der Waals surface area contributed by atoms with Crippen LogP contribution in [0.15, 0.2) is 37.6 Å². The summed E-state index contributed by atoms with van der Waals surface area (Å²) in [6.45, 7) is -0.0820. The maximum Gasteiger partial charge on any atom is 0.332 e. The Morgan fingerprint density at radius 3 is 2.72 bits per heavy atom. The molecule has 0 bridgehead atoms. The van der Waals surface area contributed by atoms with Crippen molar-refractivity contribution >= 4 is 11.5 Å². The van der Waals surface area contributed by atoms with Gasteiger partial charge in [0.2, 0.25) is 5.69 Å². The van der Waals surface area contributed by atoms with Crippen LogP contribution in [0.4, 0.5) is 11.5 Å². The van der Waals surface area contributed by atoms with Crippen LogP contribution >= 0.6 is 0 Å². The van der Waals surface area contributed by atoms with E-state index in [4.69, 9.17) is 10.2 Å². The zero-order chi connectivity index (χ0) is 13.3. The van der Waals surface area contributed by atoms with Crippen molar-refractivity contribution in [1.82, 2.24) is 9.13 Å². The van der Waals surface area contributed by atoms with Crippen LogP contribution in [0.25, 0.3) is 0 Å². The SMILES string of the molecule is Cn1c(N)c(N=O)c(=O)n(Cc2ccco2)c1=O. The van der Waals surface area contributed by atoms with Gasteiger partial charge in [-0.05, 0) is 17.3 Å². The molecule has 0 unspecified atom stereocenters. The molecule has 2 rings (SSSR count). The Kier molecular flexibility index (Phi) is 2.84. The van der Waals surface area contributed by atoms with Gasteiger partial charge in [-0.15, -0.1) is 4.91 Å². The van der Waals surface area contributed by atoms with Crippen LogP contribution in [0, 0.1) is 4.91 Å². The van der Waals surface area contributed by atoms with Crippen LogP contribution in [0.2, 0.25) is 0 Å². The minimum absolute atomic E-state index is 0.0820. The molecule has 0 saturated heterocycles. The highest BCUT2D eigenvalue weighted by Gasteiger charge is 2.16. The molecule has 0 saturated carbocycles. The molecule has 0 atom stereocenters. The summed E-state index contributed by atoms with van der Waals surface area (Å²) >= 11 is 0. The summed E-state index contributed by atoms with van der Waals surface area (Å²) in [5.41, 5.74) is 3.52. The topological polar surface area (TPSA) is 113 Å². The minimum Gasteiger partial charge on any atom is -0.467 e. The summed E-state index contributed by atoms with van der Waals surface area (Å²) in [7, 11) is 1.35. The first-order valence-electron chi connectivity index (χ1n) is 5.01. The number of aromatic nitrogens is 2. The van der Waals surface area contributed by atoms with Gasteiger partial charge >= 0.3 is 5.69 Å². The summed E-state index contributed by atoms with van der Waals surface area (Å²) in [6.07, 6.45) is 1.42. The van der Waals surface area contributed by atoms with Crippen LogP contribution in [-0.4, -0.2) is 9.13 Å². The number of hydrogen-bond acceptors (Lipinski definition) is 6. The fourth-order valence-corrected chi connectivity index (χ4v) is 1.55. The number of furan rings is 1. The van der Waals surface area contributed by atoms with Crippen LogP contribution in [0.5, 0.6) is 0 Å². The lowest BCUT2D eigenvalue weighted by molar-refractivity contribution is 0.479. The Hall–Kier alpha value is -2.64. The molecule has 0 aliphatic heterocycles. The Morgan fingerprint density at radius 1 is 1.44 bits per heavy atom. The highest BCUT2D eigenvalue weighted by molar-refractivity contribution is 5.55. The highest BCUT2D eigenvalue weighted by atomic mass is 16.3. The number of nitroso groups, excluding NO2 is 1. The maximum atomic E-state index is 11.9. The van der Waals surface area contributed by atoms with E-state index in [1.54, 1.807) is 12.1 Å². The molecule has 0 amide bonds. The monoisotopic (exact) mass is 250 g/mol. The van der Waals surface area contributed by atoms with E-state index in [0.29, 0.717) is 5.76 Å². The van der Waals surface area contributed by atoms with Gasteiger partial charge in [-0.3, -0.25) is 13.9 Å². The normalized spacial score (nSPS) is 10.5. The second-order valence-corrected chi connectivity index (χ2v) is 3.64. The van der Waals surface area contributed by atoms with Crippen molar-refractivity contribution in [3.63, 3.8) is 0 Å². The molecule has 94 valence electrons. The number of nitrogen functional groups attached to an aromatic ring is 1. The molecular formula is C10H10N4O4. The third kappa shape index (κ3) is 1.73. The number of nitrogens with zero attached hydrogens (tertiary/aromatic N) is 3. The number of hydrogen-bond donors (Lipinski definition) is 1. The molecule has 0 fully saturated rings. The van der Waals surface area contributed by atoms with Gasteiger partial charge in [0.1, 0.15) is 11.6 Å². The van der Waals surface area contributed by atoms with Gasteiger partial charge in [0.25, 0.3) is 5.56 Å². The van der Waals surface area contributed by atoms with Gasteiger partial charge in [-0.2, -0.15) is 0 Å². The molecule has 0 aliphatic rings. The highest BCUT2D eigenvalue weighted by Crippen LogP contribution is 2.12. The quantitative estimate of drug-likeness (QED) is 0.780. The van der Waals surface area contributed by atoms with Gasteiger partial charge in [0.15, 0.2) is 0 Å². The summed E-state index contributed by atoms with van der Waals surface area (Å²) in [6, 6.07) is 3.23. The van der Waals surface area contributed by atoms with Gasteiger partial charge < -0.3 is 10.2 Å². The van der Waals surface area contributed by atoms with Gasteiger partial charge in [0, 0.05) is 7.05 Å². The Bertz CT molecular complexity index is 696. The summed E-state index contributed by atoms with van der Waals surface area (Å²) in [5.74, 6) is 0.159. The molecule has 8 nitrogen and oxygen atoms in total. The molecule has 2 N–H and O–H groups in total. The first-order chi connectivity index (χ1) is 8.56. The average Bonchev–Trinajstić information content (AvgIpc) is 2.86. The minimum atomic E-state index is -0.831. The van der Waals surface area contributed by atoms with E-state index in [-0.39, 0.29) is 12.4 Å². The molecule has 0 radical (unpaired) electrons. The summed E-state index contributed by atoms with van der Waals surface area (Å²) < 4.78 is 6.87. The summed E-state index contributed by atoms with van der Waals surface area (Å²) in [5, 5.41) is 2.56. The largest absolute Gasteiger partial charge is 0.467 e. The van der Waals surface area contributed by atoms with Gasteiger partial charge in [-0.25, -0.2) is 4.79 Å². The lowest BCUT2D eigenvalue weighted by Gasteiger charge is -2.09. The molecule has 2 aromatic rings. The molecule has 0 aromatic carbocycles. The third-order valence-electron chi connectivity index (χ3n) is 2.55. The Morgan fingerprint density at radius 2 is 2.17 bits per heavy atom. The molecule has 0 aliphatic carbocycles. The lowest BCUT2D eigenvalue weighted by atomic mass is 10.4. The Balaban J connectivity index is 2.68. The van der Waals surface area contributed by atoms with E-state index >= 15 is 0 Å². The molecule has 18 heavy (non-hydrogen) atoms. The predicted molar refractivity (Wildman–Crippen MR) is 63.6 cm³/mol.